The smallest absolute Gasteiger partial charge is 0.0971 e. The van der Waals surface area contributed by atoms with E-state index in [1.165, 1.54) is 25.7 Å². The van der Waals surface area contributed by atoms with E-state index in [1.807, 2.05) is 0 Å². The van der Waals surface area contributed by atoms with Crippen molar-refractivity contribution < 1.29 is 9.47 Å². The molecule has 1 rings (SSSR count). The largest absolute Gasteiger partial charge is 0.377 e. The van der Waals surface area contributed by atoms with Gasteiger partial charge in [0.05, 0.1) is 12.2 Å². The number of methoxy groups -OCH3 is 2. The molecule has 0 bridgehead atoms. The summed E-state index contributed by atoms with van der Waals surface area (Å²) in [6.45, 7) is 8.80. The molecule has 0 aliphatic carbocycles. The Morgan fingerprint density at radius 1 is 1.16 bits per heavy atom. The Bertz CT molecular complexity index is 214. The summed E-state index contributed by atoms with van der Waals surface area (Å²) in [5.41, 5.74) is 0. The summed E-state index contributed by atoms with van der Waals surface area (Å²) in [7, 11) is 3.56. The monoisotopic (exact) mass is 272 g/mol. The Labute approximate surface area is 118 Å². The van der Waals surface area contributed by atoms with E-state index in [4.69, 9.17) is 9.47 Å². The molecule has 0 saturated carbocycles. The minimum Gasteiger partial charge on any atom is -0.377 e. The summed E-state index contributed by atoms with van der Waals surface area (Å²) < 4.78 is 10.9. The topological polar surface area (TPSA) is 33.7 Å². The second-order valence-corrected chi connectivity index (χ2v) is 5.51. The average Bonchev–Trinajstić information content (AvgIpc) is 2.84. The molecule has 19 heavy (non-hydrogen) atoms. The van der Waals surface area contributed by atoms with E-state index in [1.54, 1.807) is 14.2 Å². The zero-order chi connectivity index (χ0) is 14.1. The van der Waals surface area contributed by atoms with Crippen molar-refractivity contribution in [3.8, 4) is 0 Å². The molecule has 1 fully saturated rings. The number of hydrogen-bond donors (Lipinski definition) is 1. The number of hydrogen-bond acceptors (Lipinski definition) is 4. The van der Waals surface area contributed by atoms with Crippen molar-refractivity contribution in [3.05, 3.63) is 0 Å². The number of likely N-dealkylation sites (tertiary alicyclic amines) is 1. The van der Waals surface area contributed by atoms with Gasteiger partial charge in [-0.1, -0.05) is 13.8 Å². The Morgan fingerprint density at radius 3 is 2.26 bits per heavy atom. The highest BCUT2D eigenvalue weighted by atomic mass is 16.5. The van der Waals surface area contributed by atoms with Gasteiger partial charge in [0.2, 0.25) is 0 Å². The van der Waals surface area contributed by atoms with Crippen LogP contribution in [0.4, 0.5) is 0 Å². The normalized spacial score (nSPS) is 25.9. The quantitative estimate of drug-likeness (QED) is 0.658. The molecule has 1 saturated heterocycles. The van der Waals surface area contributed by atoms with E-state index in [9.17, 15) is 0 Å². The Kier molecular flexibility index (Phi) is 8.62. The molecule has 1 aliphatic heterocycles. The van der Waals surface area contributed by atoms with E-state index in [-0.39, 0.29) is 12.2 Å². The molecule has 1 N–H and O–H groups in total. The maximum atomic E-state index is 5.47. The van der Waals surface area contributed by atoms with Gasteiger partial charge in [0, 0.05) is 33.4 Å². The second kappa shape index (κ2) is 9.70. The van der Waals surface area contributed by atoms with Crippen LogP contribution in [0, 0.1) is 0 Å². The van der Waals surface area contributed by atoms with E-state index in [0.29, 0.717) is 6.04 Å². The molecular formula is C15H32N2O2. The first kappa shape index (κ1) is 16.9. The number of rotatable bonds is 10. The first-order valence-electron chi connectivity index (χ1n) is 7.76. The lowest BCUT2D eigenvalue weighted by atomic mass is 10.1. The first-order chi connectivity index (χ1) is 9.24. The Morgan fingerprint density at radius 2 is 1.79 bits per heavy atom. The van der Waals surface area contributed by atoms with Crippen LogP contribution in [0.3, 0.4) is 0 Å². The van der Waals surface area contributed by atoms with Crippen LogP contribution in [0.5, 0.6) is 0 Å². The van der Waals surface area contributed by atoms with Crippen LogP contribution < -0.4 is 5.32 Å². The SMILES string of the molecule is CCCNC(CC)CCCN1CC(OC)C(OC)C1. The highest BCUT2D eigenvalue weighted by Crippen LogP contribution is 2.16. The van der Waals surface area contributed by atoms with E-state index in [2.05, 4.69) is 24.1 Å². The zero-order valence-corrected chi connectivity index (χ0v) is 13.2. The van der Waals surface area contributed by atoms with E-state index < -0.39 is 0 Å². The summed E-state index contributed by atoms with van der Waals surface area (Å²) >= 11 is 0. The lowest BCUT2D eigenvalue weighted by molar-refractivity contribution is -0.00461. The fourth-order valence-corrected chi connectivity index (χ4v) is 2.81. The molecular weight excluding hydrogens is 240 g/mol. The molecule has 0 amide bonds. The molecule has 1 heterocycles. The Hall–Kier alpha value is -0.160. The van der Waals surface area contributed by atoms with Crippen molar-refractivity contribution >= 4 is 0 Å². The average molecular weight is 272 g/mol. The predicted molar refractivity (Wildman–Crippen MR) is 79.6 cm³/mol. The van der Waals surface area contributed by atoms with Gasteiger partial charge in [-0.05, 0) is 38.8 Å². The van der Waals surface area contributed by atoms with Crippen molar-refractivity contribution in [1.29, 1.82) is 0 Å². The molecule has 1 aliphatic rings. The van der Waals surface area contributed by atoms with Crippen LogP contribution in [0.25, 0.3) is 0 Å². The van der Waals surface area contributed by atoms with E-state index >= 15 is 0 Å². The predicted octanol–water partition coefficient (Wildman–Crippen LogP) is 1.89. The third-order valence-corrected chi connectivity index (χ3v) is 4.10. The molecule has 0 spiro atoms. The minimum absolute atomic E-state index is 0.241. The molecule has 4 nitrogen and oxygen atoms in total. The lowest BCUT2D eigenvalue weighted by Gasteiger charge is -2.19. The molecule has 114 valence electrons. The van der Waals surface area contributed by atoms with Gasteiger partial charge in [-0.15, -0.1) is 0 Å². The van der Waals surface area contributed by atoms with Crippen LogP contribution >= 0.6 is 0 Å². The third-order valence-electron chi connectivity index (χ3n) is 4.10. The number of nitrogens with zero attached hydrogens (tertiary/aromatic N) is 1. The van der Waals surface area contributed by atoms with Crippen molar-refractivity contribution in [2.45, 2.75) is 57.8 Å². The van der Waals surface area contributed by atoms with Crippen LogP contribution in [0.15, 0.2) is 0 Å². The highest BCUT2D eigenvalue weighted by molar-refractivity contribution is 4.85. The van der Waals surface area contributed by atoms with Crippen molar-refractivity contribution in [2.75, 3.05) is 40.4 Å². The number of nitrogens with one attached hydrogen (secondary N) is 1. The van der Waals surface area contributed by atoms with Gasteiger partial charge < -0.3 is 14.8 Å². The highest BCUT2D eigenvalue weighted by Gasteiger charge is 2.32. The first-order valence-corrected chi connectivity index (χ1v) is 7.76. The summed E-state index contributed by atoms with van der Waals surface area (Å²) in [5, 5.41) is 3.62. The standard InChI is InChI=1S/C15H32N2O2/c1-5-9-16-13(6-2)8-7-10-17-11-14(18-3)15(12-17)19-4/h13-16H,5-12H2,1-4H3. The lowest BCUT2D eigenvalue weighted by Crippen LogP contribution is -2.31. The van der Waals surface area contributed by atoms with E-state index in [0.717, 1.165) is 26.2 Å². The molecule has 3 unspecified atom stereocenters. The van der Waals surface area contributed by atoms with Gasteiger partial charge in [-0.2, -0.15) is 0 Å². The van der Waals surface area contributed by atoms with Gasteiger partial charge in [0.15, 0.2) is 0 Å². The molecule has 0 aromatic heterocycles. The molecule has 4 heteroatoms. The molecule has 0 aromatic rings. The van der Waals surface area contributed by atoms with Gasteiger partial charge in [-0.3, -0.25) is 4.90 Å². The van der Waals surface area contributed by atoms with Gasteiger partial charge >= 0.3 is 0 Å². The fourth-order valence-electron chi connectivity index (χ4n) is 2.81. The van der Waals surface area contributed by atoms with Gasteiger partial charge in [0.25, 0.3) is 0 Å². The zero-order valence-electron chi connectivity index (χ0n) is 13.2. The maximum Gasteiger partial charge on any atom is 0.0971 e. The number of ether oxygens (including phenoxy) is 2. The van der Waals surface area contributed by atoms with Crippen LogP contribution in [0.2, 0.25) is 0 Å². The van der Waals surface area contributed by atoms with Crippen molar-refractivity contribution in [3.63, 3.8) is 0 Å². The summed E-state index contributed by atoms with van der Waals surface area (Å²) in [6, 6.07) is 0.680. The van der Waals surface area contributed by atoms with Crippen LogP contribution in [-0.4, -0.2) is 63.5 Å². The van der Waals surface area contributed by atoms with Gasteiger partial charge in [0.1, 0.15) is 0 Å². The third kappa shape index (κ3) is 5.78. The molecule has 0 radical (unpaired) electrons. The van der Waals surface area contributed by atoms with Crippen LogP contribution in [-0.2, 0) is 9.47 Å². The second-order valence-electron chi connectivity index (χ2n) is 5.51. The maximum absolute atomic E-state index is 5.47. The summed E-state index contributed by atoms with van der Waals surface area (Å²) in [5.74, 6) is 0. The van der Waals surface area contributed by atoms with Crippen molar-refractivity contribution in [1.82, 2.24) is 10.2 Å². The Balaban J connectivity index is 2.18. The van der Waals surface area contributed by atoms with Crippen molar-refractivity contribution in [2.24, 2.45) is 0 Å². The minimum atomic E-state index is 0.241. The molecule has 3 atom stereocenters. The summed E-state index contributed by atoms with van der Waals surface area (Å²) in [4.78, 5) is 2.47. The van der Waals surface area contributed by atoms with Gasteiger partial charge in [-0.25, -0.2) is 0 Å². The van der Waals surface area contributed by atoms with Crippen LogP contribution in [0.1, 0.15) is 39.5 Å². The molecule has 0 aromatic carbocycles. The summed E-state index contributed by atoms with van der Waals surface area (Å²) in [6.07, 6.45) is 5.44. The fraction of sp³-hybridized carbons (Fsp3) is 1.00.